The zero-order valence-electron chi connectivity index (χ0n) is 28.5. The highest BCUT2D eigenvalue weighted by Gasteiger charge is 2.17. The van der Waals surface area contributed by atoms with Crippen molar-refractivity contribution in [2.75, 3.05) is 145 Å². The fourth-order valence-electron chi connectivity index (χ4n) is 3.70. The highest BCUT2D eigenvalue weighted by Crippen LogP contribution is 2.02. The average Bonchev–Trinajstić information content (AvgIpc) is 3.11. The Bertz CT molecular complexity index is 835. The lowest BCUT2D eigenvalue weighted by Crippen LogP contribution is -2.20. The maximum atomic E-state index is 11.9. The van der Waals surface area contributed by atoms with Crippen LogP contribution >= 0.6 is 11.6 Å². The van der Waals surface area contributed by atoms with Gasteiger partial charge in [-0.05, 0) is 12.8 Å². The maximum absolute atomic E-state index is 11.9. The van der Waals surface area contributed by atoms with Gasteiger partial charge in [0.1, 0.15) is 6.61 Å². The number of ether oxygens (including phenoxy) is 11. The van der Waals surface area contributed by atoms with Gasteiger partial charge < -0.3 is 52.1 Å². The third-order valence-corrected chi connectivity index (χ3v) is 6.47. The largest absolute Gasteiger partial charge is 0.457 e. The lowest BCUT2D eigenvalue weighted by molar-refractivity contribution is -0.139. The molecular weight excluding hydrogens is 652 g/mol. The summed E-state index contributed by atoms with van der Waals surface area (Å²) in [4.78, 5) is 23.6. The molecule has 0 aromatic heterocycles. The summed E-state index contributed by atoms with van der Waals surface area (Å²) in [5.74, 6) is -0.834. The second kappa shape index (κ2) is 36.5. The molecule has 0 aliphatic carbocycles. The van der Waals surface area contributed by atoms with Gasteiger partial charge in [0.25, 0.3) is 5.78 Å². The summed E-state index contributed by atoms with van der Waals surface area (Å²) in [6, 6.07) is 8.26. The molecule has 278 valence electrons. The summed E-state index contributed by atoms with van der Waals surface area (Å²) >= 11 is 5.65. The molecule has 0 aliphatic rings. The van der Waals surface area contributed by atoms with Gasteiger partial charge in [-0.3, -0.25) is 4.79 Å². The average molecular weight is 709 g/mol. The van der Waals surface area contributed by atoms with E-state index in [1.807, 2.05) is 0 Å². The zero-order valence-corrected chi connectivity index (χ0v) is 29.2. The topological polar surface area (TPSA) is 136 Å². The standard InChI is InChI=1S/C34H57ClO13/c35-10-6-1-2-7-11-38-12-13-39-14-15-40-16-17-41-18-19-42-20-21-43-22-23-44-24-25-45-26-27-46-28-29-47-30-31-48-34(37)33(36)32-8-4-3-5-9-32/h3-5,8-9H,1-2,6-7,10-31H2. The third-order valence-electron chi connectivity index (χ3n) is 6.20. The van der Waals surface area contributed by atoms with E-state index in [9.17, 15) is 9.59 Å². The van der Waals surface area contributed by atoms with Crippen LogP contribution in [-0.2, 0) is 56.9 Å². The molecule has 0 aliphatic heterocycles. The molecule has 1 aromatic carbocycles. The van der Waals surface area contributed by atoms with Crippen molar-refractivity contribution in [2.24, 2.45) is 0 Å². The molecule has 0 saturated heterocycles. The minimum Gasteiger partial charge on any atom is -0.457 e. The second-order valence-electron chi connectivity index (χ2n) is 10.1. The minimum absolute atomic E-state index is 0.00165. The molecule has 0 saturated carbocycles. The van der Waals surface area contributed by atoms with Gasteiger partial charge >= 0.3 is 5.97 Å². The van der Waals surface area contributed by atoms with Crippen molar-refractivity contribution in [2.45, 2.75) is 25.7 Å². The van der Waals surface area contributed by atoms with E-state index < -0.39 is 11.8 Å². The summed E-state index contributed by atoms with van der Waals surface area (Å²) in [5, 5.41) is 0. The Hall–Kier alpha value is -1.75. The van der Waals surface area contributed by atoms with Gasteiger partial charge in [-0.2, -0.15) is 0 Å². The predicted octanol–water partition coefficient (Wildman–Crippen LogP) is 3.38. The molecule has 0 atom stereocenters. The minimum atomic E-state index is -0.896. The van der Waals surface area contributed by atoms with Crippen molar-refractivity contribution in [3.63, 3.8) is 0 Å². The van der Waals surface area contributed by atoms with Crippen molar-refractivity contribution in [3.8, 4) is 0 Å². The highest BCUT2D eigenvalue weighted by atomic mass is 35.5. The number of carbonyl (C=O) groups is 2. The Morgan fingerprint density at radius 1 is 0.396 bits per heavy atom. The molecule has 0 bridgehead atoms. The SMILES string of the molecule is O=C(OCCOCCOCCOCCOCCOCCOCCOCCOCCOCCOCCCCCCCl)C(=O)c1ccccc1. The lowest BCUT2D eigenvalue weighted by atomic mass is 10.1. The van der Waals surface area contributed by atoms with Crippen molar-refractivity contribution >= 4 is 23.4 Å². The normalized spacial score (nSPS) is 11.3. The quantitative estimate of drug-likeness (QED) is 0.0327. The van der Waals surface area contributed by atoms with Crippen LogP contribution in [0.2, 0.25) is 0 Å². The van der Waals surface area contributed by atoms with E-state index in [4.69, 9.17) is 63.7 Å². The molecule has 1 aromatic rings. The van der Waals surface area contributed by atoms with Gasteiger partial charge in [0.15, 0.2) is 0 Å². The third kappa shape index (κ3) is 30.3. The van der Waals surface area contributed by atoms with Crippen molar-refractivity contribution in [1.82, 2.24) is 0 Å². The summed E-state index contributed by atoms with van der Waals surface area (Å²) in [7, 11) is 0. The van der Waals surface area contributed by atoms with Gasteiger partial charge in [0, 0.05) is 18.1 Å². The molecule has 0 spiro atoms. The molecule has 0 amide bonds. The Labute approximate surface area is 291 Å². The predicted molar refractivity (Wildman–Crippen MR) is 179 cm³/mol. The number of carbonyl (C=O) groups excluding carboxylic acids is 2. The first-order chi connectivity index (χ1) is 23.8. The Morgan fingerprint density at radius 3 is 1.06 bits per heavy atom. The van der Waals surface area contributed by atoms with Crippen molar-refractivity contribution in [1.29, 1.82) is 0 Å². The van der Waals surface area contributed by atoms with Crippen LogP contribution in [-0.4, -0.2) is 156 Å². The Morgan fingerprint density at radius 2 is 0.708 bits per heavy atom. The number of hydrogen-bond acceptors (Lipinski definition) is 13. The molecule has 48 heavy (non-hydrogen) atoms. The fourth-order valence-corrected chi connectivity index (χ4v) is 3.89. The maximum Gasteiger partial charge on any atom is 0.379 e. The number of unbranched alkanes of at least 4 members (excludes halogenated alkanes) is 3. The summed E-state index contributed by atoms with van der Waals surface area (Å²) in [5.41, 5.74) is 0.296. The smallest absolute Gasteiger partial charge is 0.379 e. The van der Waals surface area contributed by atoms with Gasteiger partial charge in [-0.15, -0.1) is 11.6 Å². The number of Topliss-reactive ketones (excluding diaryl/α,β-unsaturated/α-hetero) is 1. The summed E-state index contributed by atoms with van der Waals surface area (Å²) in [6.45, 7) is 9.70. The van der Waals surface area contributed by atoms with E-state index in [0.717, 1.165) is 38.2 Å². The zero-order chi connectivity index (χ0) is 34.4. The van der Waals surface area contributed by atoms with Crippen LogP contribution in [0.5, 0.6) is 0 Å². The first kappa shape index (κ1) is 44.3. The van der Waals surface area contributed by atoms with Crippen LogP contribution < -0.4 is 0 Å². The molecule has 0 radical (unpaired) electrons. The molecule has 0 heterocycles. The number of alkyl halides is 1. The number of ketones is 1. The van der Waals surface area contributed by atoms with E-state index >= 15 is 0 Å². The molecule has 0 fully saturated rings. The number of rotatable bonds is 38. The van der Waals surface area contributed by atoms with Gasteiger partial charge in [0.05, 0.1) is 126 Å². The van der Waals surface area contributed by atoms with Crippen LogP contribution in [0.25, 0.3) is 0 Å². The van der Waals surface area contributed by atoms with E-state index in [2.05, 4.69) is 0 Å². The number of benzene rings is 1. The van der Waals surface area contributed by atoms with E-state index in [1.54, 1.807) is 30.3 Å². The molecular formula is C34H57ClO13. The van der Waals surface area contributed by atoms with Crippen LogP contribution in [0.4, 0.5) is 0 Å². The van der Waals surface area contributed by atoms with Crippen LogP contribution in [0.15, 0.2) is 30.3 Å². The van der Waals surface area contributed by atoms with E-state index in [-0.39, 0.29) is 13.2 Å². The van der Waals surface area contributed by atoms with Gasteiger partial charge in [-0.25, -0.2) is 4.79 Å². The monoisotopic (exact) mass is 708 g/mol. The van der Waals surface area contributed by atoms with Gasteiger partial charge in [0.2, 0.25) is 0 Å². The first-order valence-corrected chi connectivity index (χ1v) is 17.4. The van der Waals surface area contributed by atoms with Crippen molar-refractivity contribution < 1.29 is 61.7 Å². The molecule has 14 heteroatoms. The molecule has 0 N–H and O–H groups in total. The van der Waals surface area contributed by atoms with Crippen LogP contribution in [0.1, 0.15) is 36.0 Å². The first-order valence-electron chi connectivity index (χ1n) is 16.9. The van der Waals surface area contributed by atoms with Crippen molar-refractivity contribution in [3.05, 3.63) is 35.9 Å². The van der Waals surface area contributed by atoms with Crippen LogP contribution in [0.3, 0.4) is 0 Å². The number of hydrogen-bond donors (Lipinski definition) is 0. The highest BCUT2D eigenvalue weighted by molar-refractivity contribution is 6.40. The molecule has 1 rings (SSSR count). The Kier molecular flexibility index (Phi) is 33.7. The van der Waals surface area contributed by atoms with E-state index in [0.29, 0.717) is 124 Å². The number of halogens is 1. The lowest BCUT2D eigenvalue weighted by Gasteiger charge is -2.09. The molecule has 0 unspecified atom stereocenters. The fraction of sp³-hybridized carbons (Fsp3) is 0.765. The second-order valence-corrected chi connectivity index (χ2v) is 10.4. The molecule has 13 nitrogen and oxygen atoms in total. The summed E-state index contributed by atoms with van der Waals surface area (Å²) in [6.07, 6.45) is 4.47. The van der Waals surface area contributed by atoms with E-state index in [1.165, 1.54) is 0 Å². The Balaban J connectivity index is 1.65. The van der Waals surface area contributed by atoms with Crippen LogP contribution in [0, 0.1) is 0 Å². The van der Waals surface area contributed by atoms with Gasteiger partial charge in [-0.1, -0.05) is 43.2 Å². The summed E-state index contributed by atoms with van der Waals surface area (Å²) < 4.78 is 59.5. The number of esters is 1.